The summed E-state index contributed by atoms with van der Waals surface area (Å²) in [6.45, 7) is 2.68. The van der Waals surface area contributed by atoms with E-state index in [0.29, 0.717) is 17.9 Å². The third-order valence-electron chi connectivity index (χ3n) is 2.71. The Morgan fingerprint density at radius 1 is 1.47 bits per heavy atom. The zero-order valence-electron chi connectivity index (χ0n) is 10.9. The standard InChI is InChI=1S/C14H15N3OS/c1-3-13-17-11(9-19-13)8-16-14-10(7-15)5-4-6-12(14)18-2/h4-6,9,16H,3,8H2,1-2H3. The van der Waals surface area contributed by atoms with Crippen LogP contribution >= 0.6 is 11.3 Å². The van der Waals surface area contributed by atoms with Crippen molar-refractivity contribution in [1.82, 2.24) is 4.98 Å². The van der Waals surface area contributed by atoms with Gasteiger partial charge in [0.15, 0.2) is 0 Å². The summed E-state index contributed by atoms with van der Waals surface area (Å²) in [4.78, 5) is 4.49. The number of aromatic nitrogens is 1. The van der Waals surface area contributed by atoms with E-state index >= 15 is 0 Å². The Kier molecular flexibility index (Phi) is 4.37. The van der Waals surface area contributed by atoms with Crippen LogP contribution in [-0.2, 0) is 13.0 Å². The molecule has 1 aromatic carbocycles. The van der Waals surface area contributed by atoms with Gasteiger partial charge in [-0.1, -0.05) is 13.0 Å². The summed E-state index contributed by atoms with van der Waals surface area (Å²) in [5.41, 5.74) is 2.28. The lowest BCUT2D eigenvalue weighted by atomic mass is 10.1. The maximum Gasteiger partial charge on any atom is 0.143 e. The van der Waals surface area contributed by atoms with Gasteiger partial charge >= 0.3 is 0 Å². The van der Waals surface area contributed by atoms with Crippen LogP contribution in [0.25, 0.3) is 0 Å². The molecule has 0 aliphatic rings. The molecule has 4 nitrogen and oxygen atoms in total. The number of hydrogen-bond acceptors (Lipinski definition) is 5. The zero-order valence-corrected chi connectivity index (χ0v) is 11.8. The summed E-state index contributed by atoms with van der Waals surface area (Å²) in [6.07, 6.45) is 0.947. The van der Waals surface area contributed by atoms with E-state index in [0.717, 1.165) is 22.8 Å². The van der Waals surface area contributed by atoms with Crippen LogP contribution in [0.15, 0.2) is 23.6 Å². The van der Waals surface area contributed by atoms with E-state index in [1.54, 1.807) is 30.6 Å². The van der Waals surface area contributed by atoms with Crippen LogP contribution in [0, 0.1) is 11.3 Å². The van der Waals surface area contributed by atoms with E-state index in [1.165, 1.54) is 0 Å². The zero-order chi connectivity index (χ0) is 13.7. The van der Waals surface area contributed by atoms with Crippen molar-refractivity contribution in [3.05, 3.63) is 39.8 Å². The number of nitrogens with zero attached hydrogens (tertiary/aromatic N) is 2. The van der Waals surface area contributed by atoms with Crippen LogP contribution in [0.3, 0.4) is 0 Å². The maximum atomic E-state index is 9.12. The van der Waals surface area contributed by atoms with Crippen LogP contribution < -0.4 is 10.1 Å². The predicted octanol–water partition coefficient (Wildman–Crippen LogP) is 3.20. The number of methoxy groups -OCH3 is 1. The molecule has 0 radical (unpaired) electrons. The van der Waals surface area contributed by atoms with Gasteiger partial charge in [-0.05, 0) is 18.6 Å². The first kappa shape index (κ1) is 13.4. The molecule has 2 aromatic rings. The van der Waals surface area contributed by atoms with E-state index in [1.807, 2.05) is 11.4 Å². The molecule has 0 saturated heterocycles. The number of aryl methyl sites for hydroxylation is 1. The van der Waals surface area contributed by atoms with Gasteiger partial charge in [-0.25, -0.2) is 4.98 Å². The number of para-hydroxylation sites is 1. The molecule has 0 unspecified atom stereocenters. The highest BCUT2D eigenvalue weighted by atomic mass is 32.1. The van der Waals surface area contributed by atoms with Gasteiger partial charge in [-0.2, -0.15) is 5.26 Å². The summed E-state index contributed by atoms with van der Waals surface area (Å²) >= 11 is 1.66. The number of anilines is 1. The molecule has 0 saturated carbocycles. The van der Waals surface area contributed by atoms with Crippen LogP contribution in [0.4, 0.5) is 5.69 Å². The first-order valence-electron chi connectivity index (χ1n) is 6.02. The molecule has 0 spiro atoms. The second-order valence-electron chi connectivity index (χ2n) is 3.93. The average molecular weight is 273 g/mol. The van der Waals surface area contributed by atoms with Gasteiger partial charge in [0.25, 0.3) is 0 Å². The number of benzene rings is 1. The topological polar surface area (TPSA) is 57.9 Å². The first-order valence-corrected chi connectivity index (χ1v) is 6.90. The number of rotatable bonds is 5. The van der Waals surface area contributed by atoms with Crippen LogP contribution in [0.2, 0.25) is 0 Å². The van der Waals surface area contributed by atoms with Crippen molar-refractivity contribution >= 4 is 17.0 Å². The molecule has 5 heteroatoms. The van der Waals surface area contributed by atoms with E-state index in [4.69, 9.17) is 10.00 Å². The van der Waals surface area contributed by atoms with Gasteiger partial charge in [0.05, 0.1) is 35.6 Å². The second-order valence-corrected chi connectivity index (χ2v) is 4.88. The highest BCUT2D eigenvalue weighted by molar-refractivity contribution is 7.09. The lowest BCUT2D eigenvalue weighted by molar-refractivity contribution is 0.416. The van der Waals surface area contributed by atoms with Gasteiger partial charge < -0.3 is 10.1 Å². The quantitative estimate of drug-likeness (QED) is 0.909. The molecule has 2 rings (SSSR count). The van der Waals surface area contributed by atoms with E-state index in [-0.39, 0.29) is 0 Å². The van der Waals surface area contributed by atoms with E-state index in [9.17, 15) is 0 Å². The third kappa shape index (κ3) is 3.04. The van der Waals surface area contributed by atoms with Crippen molar-refractivity contribution in [1.29, 1.82) is 5.26 Å². The van der Waals surface area contributed by atoms with Crippen molar-refractivity contribution in [3.8, 4) is 11.8 Å². The third-order valence-corrected chi connectivity index (χ3v) is 3.76. The van der Waals surface area contributed by atoms with Crippen molar-refractivity contribution in [2.75, 3.05) is 12.4 Å². The summed E-state index contributed by atoms with van der Waals surface area (Å²) in [5, 5.41) is 15.5. The molecule has 0 atom stereocenters. The highest BCUT2D eigenvalue weighted by Crippen LogP contribution is 2.28. The van der Waals surface area contributed by atoms with Gasteiger partial charge in [-0.3, -0.25) is 0 Å². The van der Waals surface area contributed by atoms with E-state index < -0.39 is 0 Å². The Morgan fingerprint density at radius 3 is 2.95 bits per heavy atom. The van der Waals surface area contributed by atoms with Gasteiger partial charge in [0.2, 0.25) is 0 Å². The SMILES string of the molecule is CCc1nc(CNc2c(C#N)cccc2OC)cs1. The number of nitriles is 1. The largest absolute Gasteiger partial charge is 0.495 e. The molecule has 0 amide bonds. The van der Waals surface area contributed by atoms with Crippen molar-refractivity contribution in [3.63, 3.8) is 0 Å². The Bertz CT molecular complexity index is 601. The molecule has 0 bridgehead atoms. The molecular formula is C14H15N3OS. The lowest BCUT2D eigenvalue weighted by Gasteiger charge is -2.11. The van der Waals surface area contributed by atoms with E-state index in [2.05, 4.69) is 23.3 Å². The predicted molar refractivity (Wildman–Crippen MR) is 76.5 cm³/mol. The molecule has 0 fully saturated rings. The minimum atomic E-state index is 0.574. The summed E-state index contributed by atoms with van der Waals surface area (Å²) in [7, 11) is 1.60. The first-order chi connectivity index (χ1) is 9.28. The Labute approximate surface area is 116 Å². The molecule has 0 aliphatic carbocycles. The molecular weight excluding hydrogens is 258 g/mol. The molecule has 0 aliphatic heterocycles. The fourth-order valence-electron chi connectivity index (χ4n) is 1.75. The molecule has 98 valence electrons. The Morgan fingerprint density at radius 2 is 2.32 bits per heavy atom. The fraction of sp³-hybridized carbons (Fsp3) is 0.286. The molecule has 1 aromatic heterocycles. The van der Waals surface area contributed by atoms with Crippen LogP contribution in [0.5, 0.6) is 5.75 Å². The smallest absolute Gasteiger partial charge is 0.143 e. The minimum Gasteiger partial charge on any atom is -0.495 e. The molecule has 1 N–H and O–H groups in total. The summed E-state index contributed by atoms with van der Waals surface area (Å²) in [6, 6.07) is 7.57. The van der Waals surface area contributed by atoms with Crippen LogP contribution in [-0.4, -0.2) is 12.1 Å². The fourth-order valence-corrected chi connectivity index (χ4v) is 2.49. The van der Waals surface area contributed by atoms with Gasteiger partial charge in [-0.15, -0.1) is 11.3 Å². The molecule has 19 heavy (non-hydrogen) atoms. The maximum absolute atomic E-state index is 9.12. The number of hydrogen-bond donors (Lipinski definition) is 1. The molecule has 1 heterocycles. The van der Waals surface area contributed by atoms with Crippen molar-refractivity contribution in [2.45, 2.75) is 19.9 Å². The number of nitrogens with one attached hydrogen (secondary N) is 1. The Hall–Kier alpha value is -2.06. The summed E-state index contributed by atoms with van der Waals surface area (Å²) < 4.78 is 5.27. The average Bonchev–Trinajstić information content (AvgIpc) is 2.92. The monoisotopic (exact) mass is 273 g/mol. The summed E-state index contributed by atoms with van der Waals surface area (Å²) in [5.74, 6) is 0.671. The number of ether oxygens (including phenoxy) is 1. The highest BCUT2D eigenvalue weighted by Gasteiger charge is 2.09. The lowest BCUT2D eigenvalue weighted by Crippen LogP contribution is -2.03. The van der Waals surface area contributed by atoms with Crippen LogP contribution in [0.1, 0.15) is 23.2 Å². The number of thiazole rings is 1. The van der Waals surface area contributed by atoms with Gasteiger partial charge in [0, 0.05) is 5.38 Å². The minimum absolute atomic E-state index is 0.574. The normalized spacial score (nSPS) is 9.95. The van der Waals surface area contributed by atoms with Gasteiger partial charge in [0.1, 0.15) is 11.8 Å². The second kappa shape index (κ2) is 6.21. The van der Waals surface area contributed by atoms with Crippen molar-refractivity contribution < 1.29 is 4.74 Å². The van der Waals surface area contributed by atoms with Crippen molar-refractivity contribution in [2.24, 2.45) is 0 Å². The Balaban J connectivity index is 2.16.